The van der Waals surface area contributed by atoms with Crippen LogP contribution in [0, 0.1) is 0 Å². The molecular weight excluding hydrogens is 314 g/mol. The van der Waals surface area contributed by atoms with Crippen molar-refractivity contribution in [2.75, 3.05) is 12.4 Å². The summed E-state index contributed by atoms with van der Waals surface area (Å²) in [5, 5.41) is 11.3. The molecule has 1 aromatic heterocycles. The molecule has 0 atom stereocenters. The minimum Gasteiger partial charge on any atom is -0.381 e. The van der Waals surface area contributed by atoms with Crippen molar-refractivity contribution in [2.45, 2.75) is 43.0 Å². The maximum Gasteiger partial charge on any atom is 0.240 e. The van der Waals surface area contributed by atoms with Gasteiger partial charge in [-0.1, -0.05) is 24.5 Å². The standard InChI is InChI=1S/C15H21N5O2S/c1-16-23(21,22)13-7-8-14(18-12-5-3-2-4-6-12)15(11-13)20-10-9-17-19-20/h7-12,16,18H,2-6H2,1H3. The second kappa shape index (κ2) is 6.67. The van der Waals surface area contributed by atoms with Gasteiger partial charge in [0.25, 0.3) is 0 Å². The number of sulfonamides is 1. The molecule has 0 saturated heterocycles. The van der Waals surface area contributed by atoms with Gasteiger partial charge in [0.2, 0.25) is 10.0 Å². The predicted octanol–water partition coefficient (Wildman–Crippen LogP) is 1.92. The van der Waals surface area contributed by atoms with E-state index in [0.29, 0.717) is 11.7 Å². The van der Waals surface area contributed by atoms with Gasteiger partial charge in [0.05, 0.1) is 28.7 Å². The molecule has 0 bridgehead atoms. The van der Waals surface area contributed by atoms with E-state index in [-0.39, 0.29) is 4.90 Å². The predicted molar refractivity (Wildman–Crippen MR) is 88.1 cm³/mol. The second-order valence-corrected chi connectivity index (χ2v) is 7.60. The van der Waals surface area contributed by atoms with Crippen LogP contribution in [0.4, 0.5) is 5.69 Å². The number of benzene rings is 1. The van der Waals surface area contributed by atoms with Crippen LogP contribution in [0.15, 0.2) is 35.5 Å². The van der Waals surface area contributed by atoms with Crippen molar-refractivity contribution >= 4 is 15.7 Å². The molecule has 1 fully saturated rings. The molecule has 0 radical (unpaired) electrons. The largest absolute Gasteiger partial charge is 0.381 e. The molecule has 1 heterocycles. The molecule has 1 aliphatic carbocycles. The van der Waals surface area contributed by atoms with E-state index in [1.54, 1.807) is 35.3 Å². The van der Waals surface area contributed by atoms with E-state index in [9.17, 15) is 8.42 Å². The number of nitrogens with one attached hydrogen (secondary N) is 2. The summed E-state index contributed by atoms with van der Waals surface area (Å²) < 4.78 is 28.0. The highest BCUT2D eigenvalue weighted by Crippen LogP contribution is 2.27. The van der Waals surface area contributed by atoms with Gasteiger partial charge < -0.3 is 5.32 Å². The van der Waals surface area contributed by atoms with Crippen LogP contribution in [-0.2, 0) is 10.0 Å². The van der Waals surface area contributed by atoms with Crippen molar-refractivity contribution in [3.8, 4) is 5.69 Å². The maximum atomic E-state index is 12.0. The van der Waals surface area contributed by atoms with Crippen molar-refractivity contribution in [1.29, 1.82) is 0 Å². The summed E-state index contributed by atoms with van der Waals surface area (Å²) in [6.07, 6.45) is 9.28. The first kappa shape index (κ1) is 15.9. The third-order valence-corrected chi connectivity index (χ3v) is 5.59. The van der Waals surface area contributed by atoms with E-state index < -0.39 is 10.0 Å². The smallest absolute Gasteiger partial charge is 0.240 e. The Hall–Kier alpha value is -1.93. The van der Waals surface area contributed by atoms with Crippen LogP contribution in [-0.4, -0.2) is 36.5 Å². The third-order valence-electron chi connectivity index (χ3n) is 4.18. The average molecular weight is 335 g/mol. The second-order valence-electron chi connectivity index (χ2n) is 5.71. The van der Waals surface area contributed by atoms with Gasteiger partial charge in [-0.15, -0.1) is 5.10 Å². The highest BCUT2D eigenvalue weighted by atomic mass is 32.2. The van der Waals surface area contributed by atoms with Crippen molar-refractivity contribution < 1.29 is 8.42 Å². The minimum atomic E-state index is -3.50. The summed E-state index contributed by atoms with van der Waals surface area (Å²) in [4.78, 5) is 0.208. The van der Waals surface area contributed by atoms with E-state index >= 15 is 0 Å². The first-order valence-corrected chi connectivity index (χ1v) is 9.29. The number of aromatic nitrogens is 3. The minimum absolute atomic E-state index is 0.208. The molecule has 124 valence electrons. The van der Waals surface area contributed by atoms with Gasteiger partial charge in [-0.3, -0.25) is 0 Å². The van der Waals surface area contributed by atoms with Crippen molar-refractivity contribution in [2.24, 2.45) is 0 Å². The monoisotopic (exact) mass is 335 g/mol. The molecule has 3 rings (SSSR count). The third kappa shape index (κ3) is 3.53. The SMILES string of the molecule is CNS(=O)(=O)c1ccc(NC2CCCCC2)c(-n2ccnn2)c1. The lowest BCUT2D eigenvalue weighted by Gasteiger charge is -2.25. The lowest BCUT2D eigenvalue weighted by atomic mass is 9.95. The first-order valence-electron chi connectivity index (χ1n) is 7.81. The zero-order chi connectivity index (χ0) is 16.3. The van der Waals surface area contributed by atoms with E-state index in [1.807, 2.05) is 0 Å². The van der Waals surface area contributed by atoms with Crippen molar-refractivity contribution in [1.82, 2.24) is 19.7 Å². The highest BCUT2D eigenvalue weighted by Gasteiger charge is 2.18. The Labute approximate surface area is 136 Å². The highest BCUT2D eigenvalue weighted by molar-refractivity contribution is 7.89. The molecular formula is C15H21N5O2S. The van der Waals surface area contributed by atoms with Crippen molar-refractivity contribution in [3.63, 3.8) is 0 Å². The van der Waals surface area contributed by atoms with Gasteiger partial charge in [-0.05, 0) is 38.1 Å². The fourth-order valence-corrected chi connectivity index (χ4v) is 3.66. The van der Waals surface area contributed by atoms with E-state index in [2.05, 4.69) is 20.4 Å². The average Bonchev–Trinajstić information content (AvgIpc) is 3.10. The normalized spacial score (nSPS) is 16.4. The number of hydrogen-bond acceptors (Lipinski definition) is 5. The molecule has 0 unspecified atom stereocenters. The number of anilines is 1. The summed E-state index contributed by atoms with van der Waals surface area (Å²) in [7, 11) is -2.10. The lowest BCUT2D eigenvalue weighted by Crippen LogP contribution is -2.24. The summed E-state index contributed by atoms with van der Waals surface area (Å²) in [6.45, 7) is 0. The fourth-order valence-electron chi connectivity index (χ4n) is 2.91. The van der Waals surface area contributed by atoms with Crippen LogP contribution in [0.1, 0.15) is 32.1 Å². The van der Waals surface area contributed by atoms with E-state index in [4.69, 9.17) is 0 Å². The molecule has 2 aromatic rings. The molecule has 23 heavy (non-hydrogen) atoms. The number of nitrogens with zero attached hydrogens (tertiary/aromatic N) is 3. The van der Waals surface area contributed by atoms with Gasteiger partial charge in [-0.25, -0.2) is 17.8 Å². The Bertz CT molecular complexity index is 752. The molecule has 1 aliphatic rings. The van der Waals surface area contributed by atoms with Crippen LogP contribution in [0.5, 0.6) is 0 Å². The molecule has 1 aromatic carbocycles. The number of rotatable bonds is 5. The quantitative estimate of drug-likeness (QED) is 0.871. The molecule has 8 heteroatoms. The molecule has 0 aliphatic heterocycles. The molecule has 1 saturated carbocycles. The summed E-state index contributed by atoms with van der Waals surface area (Å²) in [5.41, 5.74) is 1.56. The van der Waals surface area contributed by atoms with Crippen molar-refractivity contribution in [3.05, 3.63) is 30.6 Å². The van der Waals surface area contributed by atoms with Gasteiger partial charge in [0, 0.05) is 6.04 Å². The van der Waals surface area contributed by atoms with E-state index in [0.717, 1.165) is 18.5 Å². The van der Waals surface area contributed by atoms with E-state index in [1.165, 1.54) is 26.3 Å². The van der Waals surface area contributed by atoms with Gasteiger partial charge in [0.15, 0.2) is 0 Å². The fraction of sp³-hybridized carbons (Fsp3) is 0.467. The van der Waals surface area contributed by atoms with Crippen LogP contribution < -0.4 is 10.0 Å². The topological polar surface area (TPSA) is 88.9 Å². The zero-order valence-corrected chi connectivity index (χ0v) is 13.9. The van der Waals surface area contributed by atoms with Crippen LogP contribution >= 0.6 is 0 Å². The molecule has 0 amide bonds. The van der Waals surface area contributed by atoms with Gasteiger partial charge >= 0.3 is 0 Å². The summed E-state index contributed by atoms with van der Waals surface area (Å²) >= 11 is 0. The van der Waals surface area contributed by atoms with Crippen LogP contribution in [0.2, 0.25) is 0 Å². The van der Waals surface area contributed by atoms with Crippen LogP contribution in [0.25, 0.3) is 5.69 Å². The summed E-state index contributed by atoms with van der Waals surface area (Å²) in [6, 6.07) is 5.44. The van der Waals surface area contributed by atoms with Gasteiger partial charge in [-0.2, -0.15) is 0 Å². The Kier molecular flexibility index (Phi) is 4.63. The Morgan fingerprint density at radius 3 is 2.65 bits per heavy atom. The number of hydrogen-bond donors (Lipinski definition) is 2. The van der Waals surface area contributed by atoms with Crippen LogP contribution in [0.3, 0.4) is 0 Å². The summed E-state index contributed by atoms with van der Waals surface area (Å²) in [5.74, 6) is 0. The molecule has 7 nitrogen and oxygen atoms in total. The maximum absolute atomic E-state index is 12.0. The Morgan fingerprint density at radius 2 is 2.00 bits per heavy atom. The lowest BCUT2D eigenvalue weighted by molar-refractivity contribution is 0.462. The Morgan fingerprint density at radius 1 is 1.22 bits per heavy atom. The molecule has 2 N–H and O–H groups in total. The van der Waals surface area contributed by atoms with Gasteiger partial charge in [0.1, 0.15) is 0 Å². The molecule has 0 spiro atoms. The zero-order valence-electron chi connectivity index (χ0n) is 13.1. The Balaban J connectivity index is 1.98. The first-order chi connectivity index (χ1) is 11.1.